The molecule has 2 N–H and O–H groups in total. The third kappa shape index (κ3) is 7.02. The zero-order chi connectivity index (χ0) is 23.6. The van der Waals surface area contributed by atoms with Crippen LogP contribution in [0, 0.1) is 18.3 Å². The number of benzene rings is 3. The molecule has 166 valence electrons. The molecule has 33 heavy (non-hydrogen) atoms. The summed E-state index contributed by atoms with van der Waals surface area (Å²) in [5, 5.41) is 15.6. The Labute approximate surface area is 200 Å². The van der Waals surface area contributed by atoms with Crippen molar-refractivity contribution in [3.05, 3.63) is 99.0 Å². The smallest absolute Gasteiger partial charge is 0.259 e. The predicted octanol–water partition coefficient (Wildman–Crippen LogP) is 4.09. The van der Waals surface area contributed by atoms with E-state index in [1.165, 1.54) is 6.21 Å². The summed E-state index contributed by atoms with van der Waals surface area (Å²) < 4.78 is 6.51. The lowest BCUT2D eigenvalue weighted by molar-refractivity contribution is -0.120. The van der Waals surface area contributed by atoms with Gasteiger partial charge in [0, 0.05) is 11.1 Å². The van der Waals surface area contributed by atoms with Crippen LogP contribution in [0.5, 0.6) is 5.75 Å². The van der Waals surface area contributed by atoms with E-state index >= 15 is 0 Å². The normalized spacial score (nSPS) is 10.5. The van der Waals surface area contributed by atoms with E-state index < -0.39 is 5.91 Å². The zero-order valence-corrected chi connectivity index (χ0v) is 19.4. The van der Waals surface area contributed by atoms with E-state index in [-0.39, 0.29) is 19.1 Å². The van der Waals surface area contributed by atoms with Gasteiger partial charge in [-0.25, -0.2) is 5.43 Å². The number of hydrazone groups is 1. The lowest BCUT2D eigenvalue weighted by Gasteiger charge is -2.10. The number of nitrogens with one attached hydrogen (secondary N) is 2. The highest BCUT2D eigenvalue weighted by Crippen LogP contribution is 2.26. The van der Waals surface area contributed by atoms with Crippen molar-refractivity contribution in [3.63, 3.8) is 0 Å². The Kier molecular flexibility index (Phi) is 8.33. The van der Waals surface area contributed by atoms with Gasteiger partial charge in [-0.15, -0.1) is 0 Å². The molecule has 0 spiro atoms. The number of carbonyl (C=O) groups is 2. The largest absolute Gasteiger partial charge is 0.488 e. The molecular formula is C25H21BrN4O3. The van der Waals surface area contributed by atoms with Crippen molar-refractivity contribution in [2.75, 3.05) is 6.54 Å². The fourth-order valence-electron chi connectivity index (χ4n) is 2.81. The van der Waals surface area contributed by atoms with Crippen LogP contribution in [0.2, 0.25) is 0 Å². The fraction of sp³-hybridized carbons (Fsp3) is 0.120. The minimum absolute atomic E-state index is 0.190. The van der Waals surface area contributed by atoms with Crippen LogP contribution in [0.4, 0.5) is 0 Å². The van der Waals surface area contributed by atoms with Crippen LogP contribution in [0.3, 0.4) is 0 Å². The second-order valence-corrected chi connectivity index (χ2v) is 7.94. The highest BCUT2D eigenvalue weighted by Gasteiger charge is 2.08. The molecule has 3 aromatic carbocycles. The molecule has 0 saturated carbocycles. The molecule has 2 amide bonds. The molecule has 0 bridgehead atoms. The molecular weight excluding hydrogens is 484 g/mol. The van der Waals surface area contributed by atoms with Gasteiger partial charge in [0.15, 0.2) is 0 Å². The fourth-order valence-corrected chi connectivity index (χ4v) is 3.32. The summed E-state index contributed by atoms with van der Waals surface area (Å²) in [5.41, 5.74) is 6.02. The Bertz CT molecular complexity index is 1220. The minimum atomic E-state index is -0.443. The first kappa shape index (κ1) is 23.7. The monoisotopic (exact) mass is 504 g/mol. The Morgan fingerprint density at radius 2 is 1.88 bits per heavy atom. The number of nitriles is 1. The summed E-state index contributed by atoms with van der Waals surface area (Å²) in [6.45, 7) is 2.01. The van der Waals surface area contributed by atoms with Crippen molar-refractivity contribution in [3.8, 4) is 11.8 Å². The number of ether oxygens (including phenoxy) is 1. The quantitative estimate of drug-likeness (QED) is 0.356. The molecule has 3 aromatic rings. The number of hydrogen-bond donors (Lipinski definition) is 2. The molecule has 0 radical (unpaired) electrons. The maximum Gasteiger partial charge on any atom is 0.259 e. The molecule has 0 unspecified atom stereocenters. The number of aryl methyl sites for hydroxylation is 1. The average molecular weight is 505 g/mol. The lowest BCUT2D eigenvalue weighted by Crippen LogP contribution is -2.34. The number of hydrogen-bond acceptors (Lipinski definition) is 5. The minimum Gasteiger partial charge on any atom is -0.488 e. The summed E-state index contributed by atoms with van der Waals surface area (Å²) in [6, 6.07) is 21.8. The van der Waals surface area contributed by atoms with Gasteiger partial charge in [0.2, 0.25) is 0 Å². The summed E-state index contributed by atoms with van der Waals surface area (Å²) >= 11 is 3.46. The van der Waals surface area contributed by atoms with Crippen molar-refractivity contribution < 1.29 is 14.3 Å². The van der Waals surface area contributed by atoms with Gasteiger partial charge in [0.1, 0.15) is 12.4 Å². The van der Waals surface area contributed by atoms with Crippen LogP contribution in [-0.2, 0) is 11.4 Å². The van der Waals surface area contributed by atoms with Gasteiger partial charge in [-0.2, -0.15) is 10.4 Å². The van der Waals surface area contributed by atoms with Crippen LogP contribution < -0.4 is 15.5 Å². The van der Waals surface area contributed by atoms with E-state index in [9.17, 15) is 14.9 Å². The standard InChI is InChI=1S/C25H21BrN4O3/c1-17-6-9-19(10-7-17)25(32)28-15-24(31)30-29-14-18-8-11-23(22(26)12-18)33-16-21-5-3-2-4-20(21)13-27/h2-12,14H,15-16H2,1H3,(H,28,32)(H,30,31)/b29-14-. The van der Waals surface area contributed by atoms with Gasteiger partial charge in [-0.3, -0.25) is 9.59 Å². The van der Waals surface area contributed by atoms with Gasteiger partial charge >= 0.3 is 0 Å². The Balaban J connectivity index is 1.48. The van der Waals surface area contributed by atoms with Gasteiger partial charge in [0.25, 0.3) is 11.8 Å². The van der Waals surface area contributed by atoms with Crippen molar-refractivity contribution in [2.45, 2.75) is 13.5 Å². The molecule has 8 heteroatoms. The van der Waals surface area contributed by atoms with E-state index in [2.05, 4.69) is 37.8 Å². The van der Waals surface area contributed by atoms with Crippen molar-refractivity contribution >= 4 is 34.0 Å². The molecule has 0 fully saturated rings. The predicted molar refractivity (Wildman–Crippen MR) is 129 cm³/mol. The molecule has 0 aliphatic carbocycles. The number of nitrogens with zero attached hydrogens (tertiary/aromatic N) is 2. The van der Waals surface area contributed by atoms with Crippen LogP contribution in [0.15, 0.2) is 76.3 Å². The highest BCUT2D eigenvalue weighted by atomic mass is 79.9. The molecule has 0 aliphatic heterocycles. The van der Waals surface area contributed by atoms with Crippen LogP contribution in [0.1, 0.15) is 32.6 Å². The Morgan fingerprint density at radius 3 is 2.61 bits per heavy atom. The first-order valence-corrected chi connectivity index (χ1v) is 10.8. The summed E-state index contributed by atoms with van der Waals surface area (Å²) in [6.07, 6.45) is 1.49. The highest BCUT2D eigenvalue weighted by molar-refractivity contribution is 9.10. The molecule has 0 saturated heterocycles. The molecule has 0 heterocycles. The second-order valence-electron chi connectivity index (χ2n) is 7.09. The molecule has 3 rings (SSSR count). The third-order valence-electron chi connectivity index (χ3n) is 4.60. The van der Waals surface area contributed by atoms with Crippen molar-refractivity contribution in [1.29, 1.82) is 5.26 Å². The molecule has 0 aliphatic rings. The average Bonchev–Trinajstić information content (AvgIpc) is 2.82. The first-order chi connectivity index (χ1) is 16.0. The lowest BCUT2D eigenvalue weighted by atomic mass is 10.1. The Morgan fingerprint density at radius 1 is 1.12 bits per heavy atom. The van der Waals surface area contributed by atoms with Crippen LogP contribution in [0.25, 0.3) is 0 Å². The first-order valence-electron chi connectivity index (χ1n) is 10.0. The zero-order valence-electron chi connectivity index (χ0n) is 17.8. The van der Waals surface area contributed by atoms with E-state index in [0.29, 0.717) is 21.3 Å². The van der Waals surface area contributed by atoms with Crippen LogP contribution in [-0.4, -0.2) is 24.6 Å². The van der Waals surface area contributed by atoms with E-state index in [4.69, 9.17) is 4.74 Å². The number of carbonyl (C=O) groups excluding carboxylic acids is 2. The van der Waals surface area contributed by atoms with E-state index in [0.717, 1.165) is 16.7 Å². The van der Waals surface area contributed by atoms with Gasteiger partial charge < -0.3 is 10.1 Å². The van der Waals surface area contributed by atoms with Gasteiger partial charge in [-0.1, -0.05) is 35.9 Å². The summed E-state index contributed by atoms with van der Waals surface area (Å²) in [7, 11) is 0. The Hall–Kier alpha value is -3.96. The molecule has 0 atom stereocenters. The maximum atomic E-state index is 12.0. The molecule has 7 nitrogen and oxygen atoms in total. The maximum absolute atomic E-state index is 12.0. The summed E-state index contributed by atoms with van der Waals surface area (Å²) in [4.78, 5) is 24.0. The van der Waals surface area contributed by atoms with E-state index in [1.54, 1.807) is 36.4 Å². The second kappa shape index (κ2) is 11.6. The number of amides is 2. The van der Waals surface area contributed by atoms with Crippen LogP contribution >= 0.6 is 15.9 Å². The SMILES string of the molecule is Cc1ccc(C(=O)NCC(=O)N/N=C\c2ccc(OCc3ccccc3C#N)c(Br)c2)cc1. The van der Waals surface area contributed by atoms with Gasteiger partial charge in [0.05, 0.1) is 28.9 Å². The number of halogens is 1. The number of rotatable bonds is 8. The van der Waals surface area contributed by atoms with E-state index in [1.807, 2.05) is 37.3 Å². The van der Waals surface area contributed by atoms with Crippen molar-refractivity contribution in [1.82, 2.24) is 10.7 Å². The van der Waals surface area contributed by atoms with Gasteiger partial charge in [-0.05, 0) is 64.8 Å². The molecule has 0 aromatic heterocycles. The topological polar surface area (TPSA) is 104 Å². The third-order valence-corrected chi connectivity index (χ3v) is 5.22. The summed E-state index contributed by atoms with van der Waals surface area (Å²) in [5.74, 6) is -0.157. The van der Waals surface area contributed by atoms with Crippen molar-refractivity contribution in [2.24, 2.45) is 5.10 Å².